The van der Waals surface area contributed by atoms with Crippen molar-refractivity contribution in [2.45, 2.75) is 31.8 Å². The third-order valence-electron chi connectivity index (χ3n) is 6.07. The van der Waals surface area contributed by atoms with Crippen molar-refractivity contribution in [2.75, 3.05) is 26.2 Å². The molecule has 0 saturated carbocycles. The van der Waals surface area contributed by atoms with Gasteiger partial charge in [0.1, 0.15) is 5.69 Å². The number of nitrogens with one attached hydrogen (secondary N) is 1. The summed E-state index contributed by atoms with van der Waals surface area (Å²) in [6, 6.07) is 6.77. The molecule has 2 fully saturated rings. The zero-order valence-corrected chi connectivity index (χ0v) is 16.1. The number of carbonyl (C=O) groups is 1. The van der Waals surface area contributed by atoms with Crippen LogP contribution in [0.15, 0.2) is 39.8 Å². The Kier molecular flexibility index (Phi) is 5.16. The summed E-state index contributed by atoms with van der Waals surface area (Å²) in [6.07, 6.45) is 2.70. The number of amides is 1. The number of fused-ring (bicyclic) bond motifs is 1. The van der Waals surface area contributed by atoms with Crippen LogP contribution in [0.1, 0.15) is 35.3 Å². The van der Waals surface area contributed by atoms with Crippen LogP contribution in [0.5, 0.6) is 0 Å². The first-order valence-corrected chi connectivity index (χ1v) is 10.4. The minimum Gasteiger partial charge on any atom is -0.396 e. The fourth-order valence-electron chi connectivity index (χ4n) is 4.57. The maximum absolute atomic E-state index is 13.1. The highest BCUT2D eigenvalue weighted by Crippen LogP contribution is 2.42. The molecule has 2 aromatic heterocycles. The predicted molar refractivity (Wildman–Crippen MR) is 105 cm³/mol. The Morgan fingerprint density at radius 1 is 1.30 bits per heavy atom. The molecule has 2 N–H and O–H groups in total. The normalized spacial score (nSPS) is 26.0. The maximum atomic E-state index is 13.1. The summed E-state index contributed by atoms with van der Waals surface area (Å²) in [5, 5.41) is 14.5. The Bertz CT molecular complexity index is 850. The molecule has 0 spiro atoms. The molecule has 4 heterocycles. The lowest BCUT2D eigenvalue weighted by Gasteiger charge is -2.54. The van der Waals surface area contributed by atoms with E-state index in [1.165, 1.54) is 11.6 Å². The SMILES string of the molecule is O=C(c1cccc(=O)[nH]1)N1CCC[C@]2(CO)CCN(Cc3ccsc3)C[C@@H]12. The van der Waals surface area contributed by atoms with Gasteiger partial charge < -0.3 is 15.0 Å². The summed E-state index contributed by atoms with van der Waals surface area (Å²) >= 11 is 1.69. The smallest absolute Gasteiger partial charge is 0.270 e. The van der Waals surface area contributed by atoms with E-state index in [0.29, 0.717) is 12.2 Å². The second-order valence-corrected chi connectivity index (χ2v) is 8.46. The van der Waals surface area contributed by atoms with E-state index in [4.69, 9.17) is 0 Å². The van der Waals surface area contributed by atoms with Crippen LogP contribution in [0.25, 0.3) is 0 Å². The largest absolute Gasteiger partial charge is 0.396 e. The van der Waals surface area contributed by atoms with E-state index >= 15 is 0 Å². The molecule has 0 aliphatic carbocycles. The third kappa shape index (κ3) is 3.59. The van der Waals surface area contributed by atoms with E-state index in [1.54, 1.807) is 23.5 Å². The van der Waals surface area contributed by atoms with E-state index in [2.05, 4.69) is 26.7 Å². The van der Waals surface area contributed by atoms with E-state index in [0.717, 1.165) is 38.9 Å². The number of aromatic nitrogens is 1. The number of aliphatic hydroxyl groups excluding tert-OH is 1. The lowest BCUT2D eigenvalue weighted by molar-refractivity contribution is -0.0656. The maximum Gasteiger partial charge on any atom is 0.270 e. The van der Waals surface area contributed by atoms with Crippen molar-refractivity contribution < 1.29 is 9.90 Å². The van der Waals surface area contributed by atoms with E-state index in [-0.39, 0.29) is 29.5 Å². The van der Waals surface area contributed by atoms with Crippen LogP contribution >= 0.6 is 11.3 Å². The van der Waals surface area contributed by atoms with Crippen molar-refractivity contribution in [1.82, 2.24) is 14.8 Å². The van der Waals surface area contributed by atoms with Gasteiger partial charge in [-0.25, -0.2) is 0 Å². The van der Waals surface area contributed by atoms with Crippen LogP contribution in [-0.4, -0.2) is 58.1 Å². The summed E-state index contributed by atoms with van der Waals surface area (Å²) in [6.45, 7) is 3.30. The summed E-state index contributed by atoms with van der Waals surface area (Å²) in [5.74, 6) is -0.146. The lowest BCUT2D eigenvalue weighted by Crippen LogP contribution is -2.63. The monoisotopic (exact) mass is 387 g/mol. The summed E-state index contributed by atoms with van der Waals surface area (Å²) in [5.41, 5.74) is 1.10. The first-order chi connectivity index (χ1) is 13.1. The molecule has 4 rings (SSSR count). The van der Waals surface area contributed by atoms with Crippen LogP contribution in [-0.2, 0) is 6.54 Å². The second-order valence-electron chi connectivity index (χ2n) is 7.68. The van der Waals surface area contributed by atoms with Crippen LogP contribution in [0, 0.1) is 5.41 Å². The molecular formula is C20H25N3O3S. The van der Waals surface area contributed by atoms with Gasteiger partial charge in [0, 0.05) is 31.1 Å². The average molecular weight is 388 g/mol. The van der Waals surface area contributed by atoms with E-state index in [9.17, 15) is 14.7 Å². The van der Waals surface area contributed by atoms with Gasteiger partial charge in [0.2, 0.25) is 5.56 Å². The number of pyridine rings is 1. The topological polar surface area (TPSA) is 76.6 Å². The number of aromatic amines is 1. The van der Waals surface area contributed by atoms with Crippen molar-refractivity contribution in [3.8, 4) is 0 Å². The number of piperidine rings is 2. The number of thiophene rings is 1. The number of rotatable bonds is 4. The molecular weight excluding hydrogens is 362 g/mol. The molecule has 0 aromatic carbocycles. The number of carbonyl (C=O) groups excluding carboxylic acids is 1. The van der Waals surface area contributed by atoms with Crippen LogP contribution in [0.3, 0.4) is 0 Å². The molecule has 2 aliphatic heterocycles. The van der Waals surface area contributed by atoms with Crippen molar-refractivity contribution in [2.24, 2.45) is 5.41 Å². The zero-order valence-electron chi connectivity index (χ0n) is 15.3. The van der Waals surface area contributed by atoms with Crippen molar-refractivity contribution in [3.05, 3.63) is 56.6 Å². The van der Waals surface area contributed by atoms with Gasteiger partial charge in [-0.2, -0.15) is 11.3 Å². The van der Waals surface area contributed by atoms with E-state index < -0.39 is 0 Å². The Morgan fingerprint density at radius 2 is 2.19 bits per heavy atom. The van der Waals surface area contributed by atoms with Crippen molar-refractivity contribution in [3.63, 3.8) is 0 Å². The van der Waals surface area contributed by atoms with Crippen LogP contribution in [0.2, 0.25) is 0 Å². The van der Waals surface area contributed by atoms with Gasteiger partial charge in [-0.15, -0.1) is 0 Å². The summed E-state index contributed by atoms with van der Waals surface area (Å²) < 4.78 is 0. The minimum absolute atomic E-state index is 0.0418. The van der Waals surface area contributed by atoms with Gasteiger partial charge in [0.05, 0.1) is 12.6 Å². The second kappa shape index (κ2) is 7.58. The van der Waals surface area contributed by atoms with Gasteiger partial charge in [-0.1, -0.05) is 6.07 Å². The third-order valence-corrected chi connectivity index (χ3v) is 6.81. The van der Waals surface area contributed by atoms with E-state index in [1.807, 2.05) is 4.90 Å². The molecule has 27 heavy (non-hydrogen) atoms. The fourth-order valence-corrected chi connectivity index (χ4v) is 5.23. The number of aliphatic hydroxyl groups is 1. The quantitative estimate of drug-likeness (QED) is 0.840. The number of hydrogen-bond donors (Lipinski definition) is 2. The zero-order chi connectivity index (χ0) is 18.9. The summed E-state index contributed by atoms with van der Waals surface area (Å²) in [4.78, 5) is 31.7. The molecule has 2 aliphatic rings. The van der Waals surface area contributed by atoms with Gasteiger partial charge in [0.15, 0.2) is 0 Å². The van der Waals surface area contributed by atoms with Gasteiger partial charge in [-0.05, 0) is 54.3 Å². The number of H-pyrrole nitrogens is 1. The molecule has 2 saturated heterocycles. The Hall–Kier alpha value is -1.96. The molecule has 7 heteroatoms. The van der Waals surface area contributed by atoms with Gasteiger partial charge in [0.25, 0.3) is 5.91 Å². The Morgan fingerprint density at radius 3 is 2.93 bits per heavy atom. The number of nitrogens with zero attached hydrogens (tertiary/aromatic N) is 2. The lowest BCUT2D eigenvalue weighted by atomic mass is 9.68. The molecule has 6 nitrogen and oxygen atoms in total. The fraction of sp³-hybridized carbons (Fsp3) is 0.500. The van der Waals surface area contributed by atoms with Gasteiger partial charge >= 0.3 is 0 Å². The first kappa shape index (κ1) is 18.4. The highest BCUT2D eigenvalue weighted by molar-refractivity contribution is 7.07. The molecule has 0 radical (unpaired) electrons. The molecule has 0 unspecified atom stereocenters. The Labute approximate surface area is 162 Å². The number of likely N-dealkylation sites (tertiary alicyclic amines) is 2. The molecule has 1 amide bonds. The predicted octanol–water partition coefficient (Wildman–Crippen LogP) is 1.93. The molecule has 2 atom stereocenters. The molecule has 0 bridgehead atoms. The standard InChI is InChI=1S/C20H25N3O3S/c24-14-20-6-2-8-23(19(26)16-3-1-4-18(25)21-16)17(20)12-22(9-7-20)11-15-5-10-27-13-15/h1,3-5,10,13,17,24H,2,6-9,11-12,14H2,(H,21,25)/t17-,20-/m1/s1. The minimum atomic E-state index is -0.269. The summed E-state index contributed by atoms with van der Waals surface area (Å²) in [7, 11) is 0. The highest BCUT2D eigenvalue weighted by Gasteiger charge is 2.49. The molecule has 2 aromatic rings. The van der Waals surface area contributed by atoms with Crippen LogP contribution in [0.4, 0.5) is 0 Å². The van der Waals surface area contributed by atoms with Gasteiger partial charge in [-0.3, -0.25) is 14.5 Å². The Balaban J connectivity index is 1.59. The van der Waals surface area contributed by atoms with Crippen LogP contribution < -0.4 is 5.56 Å². The average Bonchev–Trinajstić information content (AvgIpc) is 3.20. The first-order valence-electron chi connectivity index (χ1n) is 9.46. The van der Waals surface area contributed by atoms with Crippen molar-refractivity contribution >= 4 is 17.2 Å². The van der Waals surface area contributed by atoms with Crippen molar-refractivity contribution in [1.29, 1.82) is 0 Å². The highest BCUT2D eigenvalue weighted by atomic mass is 32.1. The molecule has 144 valence electrons. The number of hydrogen-bond acceptors (Lipinski definition) is 5.